The molecule has 1 atom stereocenters. The van der Waals surface area contributed by atoms with E-state index in [1.165, 1.54) is 0 Å². The quantitative estimate of drug-likeness (QED) is 0.618. The maximum absolute atomic E-state index is 12.2. The second-order valence-electron chi connectivity index (χ2n) is 6.40. The SMILES string of the molecule is CC(Oc1ccc2ccccc2c1)C(=O)NNC(=O)CCc1ccccc1Cl. The number of rotatable bonds is 6. The van der Waals surface area contributed by atoms with Gasteiger partial charge in [0.2, 0.25) is 5.91 Å². The van der Waals surface area contributed by atoms with E-state index in [0.29, 0.717) is 17.2 Å². The normalized spacial score (nSPS) is 11.6. The molecule has 0 aliphatic heterocycles. The molecule has 0 saturated carbocycles. The minimum Gasteiger partial charge on any atom is -0.481 e. The van der Waals surface area contributed by atoms with Crippen LogP contribution in [0.5, 0.6) is 5.75 Å². The standard InChI is InChI=1S/C22H21ClN2O3/c1-15(28-19-12-10-16-6-2-3-8-18(16)14-19)22(27)25-24-21(26)13-11-17-7-4-5-9-20(17)23/h2-10,12,14-15H,11,13H2,1H3,(H,24,26)(H,25,27). The first kappa shape index (κ1) is 19.7. The molecule has 0 fully saturated rings. The molecule has 3 aromatic rings. The van der Waals surface area contributed by atoms with Crippen molar-refractivity contribution in [3.05, 3.63) is 77.3 Å². The van der Waals surface area contributed by atoms with Gasteiger partial charge in [-0.15, -0.1) is 0 Å². The van der Waals surface area contributed by atoms with Crippen LogP contribution in [0, 0.1) is 0 Å². The zero-order chi connectivity index (χ0) is 19.9. The maximum Gasteiger partial charge on any atom is 0.279 e. The molecule has 28 heavy (non-hydrogen) atoms. The fraction of sp³-hybridized carbons (Fsp3) is 0.182. The van der Waals surface area contributed by atoms with E-state index in [2.05, 4.69) is 10.9 Å². The van der Waals surface area contributed by atoms with Crippen molar-refractivity contribution in [3.8, 4) is 5.75 Å². The largest absolute Gasteiger partial charge is 0.481 e. The molecule has 0 heterocycles. The molecule has 3 rings (SSSR count). The van der Waals surface area contributed by atoms with Gasteiger partial charge in [0, 0.05) is 11.4 Å². The lowest BCUT2D eigenvalue weighted by molar-refractivity contribution is -0.132. The van der Waals surface area contributed by atoms with Crippen LogP contribution in [0.15, 0.2) is 66.7 Å². The average molecular weight is 397 g/mol. The monoisotopic (exact) mass is 396 g/mol. The Morgan fingerprint density at radius 3 is 2.46 bits per heavy atom. The second-order valence-corrected chi connectivity index (χ2v) is 6.81. The predicted molar refractivity (Wildman–Crippen MR) is 110 cm³/mol. The first-order valence-electron chi connectivity index (χ1n) is 9.00. The second kappa shape index (κ2) is 9.24. The molecule has 0 saturated heterocycles. The van der Waals surface area contributed by atoms with E-state index >= 15 is 0 Å². The average Bonchev–Trinajstić information content (AvgIpc) is 2.71. The van der Waals surface area contributed by atoms with Crippen LogP contribution in [0.1, 0.15) is 18.9 Å². The van der Waals surface area contributed by atoms with Crippen molar-refractivity contribution in [1.29, 1.82) is 0 Å². The van der Waals surface area contributed by atoms with Crippen molar-refractivity contribution in [2.75, 3.05) is 0 Å². The van der Waals surface area contributed by atoms with E-state index < -0.39 is 12.0 Å². The third-order valence-corrected chi connectivity index (χ3v) is 4.68. The van der Waals surface area contributed by atoms with Gasteiger partial charge in [0.1, 0.15) is 5.75 Å². The van der Waals surface area contributed by atoms with E-state index in [1.54, 1.807) is 13.0 Å². The van der Waals surface area contributed by atoms with Crippen molar-refractivity contribution in [1.82, 2.24) is 10.9 Å². The minimum atomic E-state index is -0.759. The van der Waals surface area contributed by atoms with Crippen molar-refractivity contribution >= 4 is 34.2 Å². The van der Waals surface area contributed by atoms with Crippen LogP contribution in [0.4, 0.5) is 0 Å². The van der Waals surface area contributed by atoms with Gasteiger partial charge in [0.25, 0.3) is 5.91 Å². The maximum atomic E-state index is 12.2. The third kappa shape index (κ3) is 5.24. The number of carbonyl (C=O) groups excluding carboxylic acids is 2. The molecule has 0 aliphatic rings. The summed E-state index contributed by atoms with van der Waals surface area (Å²) in [4.78, 5) is 24.1. The summed E-state index contributed by atoms with van der Waals surface area (Å²) >= 11 is 6.07. The molecular weight excluding hydrogens is 376 g/mol. The van der Waals surface area contributed by atoms with Crippen LogP contribution in [0.3, 0.4) is 0 Å². The van der Waals surface area contributed by atoms with Crippen molar-refractivity contribution in [2.24, 2.45) is 0 Å². The third-order valence-electron chi connectivity index (χ3n) is 4.31. The van der Waals surface area contributed by atoms with Gasteiger partial charge in [0.15, 0.2) is 6.10 Å². The lowest BCUT2D eigenvalue weighted by Crippen LogP contribution is -2.47. The highest BCUT2D eigenvalue weighted by Crippen LogP contribution is 2.21. The minimum absolute atomic E-state index is 0.212. The van der Waals surface area contributed by atoms with Gasteiger partial charge in [-0.1, -0.05) is 60.1 Å². The van der Waals surface area contributed by atoms with Crippen LogP contribution in [-0.4, -0.2) is 17.9 Å². The molecule has 0 aliphatic carbocycles. The number of nitrogens with one attached hydrogen (secondary N) is 2. The Morgan fingerprint density at radius 1 is 0.964 bits per heavy atom. The molecular formula is C22H21ClN2O3. The van der Waals surface area contributed by atoms with Crippen LogP contribution in [0.2, 0.25) is 5.02 Å². The Morgan fingerprint density at radius 2 is 1.68 bits per heavy atom. The fourth-order valence-corrected chi connectivity index (χ4v) is 2.97. The molecule has 2 amide bonds. The number of carbonyl (C=O) groups is 2. The molecule has 0 spiro atoms. The number of hydrazine groups is 1. The summed E-state index contributed by atoms with van der Waals surface area (Å²) in [6.07, 6.45) is -0.0564. The van der Waals surface area contributed by atoms with Gasteiger partial charge >= 0.3 is 0 Å². The van der Waals surface area contributed by atoms with Gasteiger partial charge in [-0.25, -0.2) is 0 Å². The number of hydrogen-bond acceptors (Lipinski definition) is 3. The van der Waals surface area contributed by atoms with Crippen LogP contribution >= 0.6 is 11.6 Å². The first-order valence-corrected chi connectivity index (χ1v) is 9.38. The Bertz CT molecular complexity index is 990. The Balaban J connectivity index is 1.46. The molecule has 0 aromatic heterocycles. The number of amides is 2. The first-order chi connectivity index (χ1) is 13.5. The van der Waals surface area contributed by atoms with Crippen LogP contribution in [-0.2, 0) is 16.0 Å². The highest BCUT2D eigenvalue weighted by Gasteiger charge is 2.15. The molecule has 3 aromatic carbocycles. The molecule has 144 valence electrons. The van der Waals surface area contributed by atoms with Gasteiger partial charge < -0.3 is 4.74 Å². The van der Waals surface area contributed by atoms with E-state index in [1.807, 2.05) is 60.7 Å². The number of ether oxygens (including phenoxy) is 1. The molecule has 5 nitrogen and oxygen atoms in total. The number of benzene rings is 3. The topological polar surface area (TPSA) is 67.4 Å². The molecule has 2 N–H and O–H groups in total. The number of halogens is 1. The molecule has 1 unspecified atom stereocenters. The smallest absolute Gasteiger partial charge is 0.279 e. The van der Waals surface area contributed by atoms with Gasteiger partial charge in [-0.05, 0) is 47.9 Å². The van der Waals surface area contributed by atoms with E-state index in [-0.39, 0.29) is 12.3 Å². The van der Waals surface area contributed by atoms with Crippen LogP contribution < -0.4 is 15.6 Å². The lowest BCUT2D eigenvalue weighted by atomic mass is 10.1. The summed E-state index contributed by atoms with van der Waals surface area (Å²) < 4.78 is 5.68. The highest BCUT2D eigenvalue weighted by atomic mass is 35.5. The van der Waals surface area contributed by atoms with Gasteiger partial charge in [-0.3, -0.25) is 20.4 Å². The fourth-order valence-electron chi connectivity index (χ4n) is 2.74. The van der Waals surface area contributed by atoms with E-state index in [9.17, 15) is 9.59 Å². The van der Waals surface area contributed by atoms with Crippen molar-refractivity contribution in [3.63, 3.8) is 0 Å². The van der Waals surface area contributed by atoms with Crippen LogP contribution in [0.25, 0.3) is 10.8 Å². The van der Waals surface area contributed by atoms with Gasteiger partial charge in [0.05, 0.1) is 0 Å². The van der Waals surface area contributed by atoms with Crippen molar-refractivity contribution < 1.29 is 14.3 Å². The zero-order valence-electron chi connectivity index (χ0n) is 15.4. The number of aryl methyl sites for hydroxylation is 1. The molecule has 0 radical (unpaired) electrons. The summed E-state index contributed by atoms with van der Waals surface area (Å²) in [5, 5.41) is 2.75. The zero-order valence-corrected chi connectivity index (χ0v) is 16.2. The molecule has 0 bridgehead atoms. The molecule has 6 heteroatoms. The lowest BCUT2D eigenvalue weighted by Gasteiger charge is -2.15. The number of fused-ring (bicyclic) bond motifs is 1. The summed E-state index contributed by atoms with van der Waals surface area (Å²) in [7, 11) is 0. The Kier molecular flexibility index (Phi) is 6.50. The van der Waals surface area contributed by atoms with Crippen molar-refractivity contribution in [2.45, 2.75) is 25.9 Å². The Labute approximate surface area is 168 Å². The summed E-state index contributed by atoms with van der Waals surface area (Å²) in [5.74, 6) is -0.142. The van der Waals surface area contributed by atoms with E-state index in [0.717, 1.165) is 16.3 Å². The summed E-state index contributed by atoms with van der Waals surface area (Å²) in [6.45, 7) is 1.63. The van der Waals surface area contributed by atoms with Gasteiger partial charge in [-0.2, -0.15) is 0 Å². The Hall–Kier alpha value is -3.05. The predicted octanol–water partition coefficient (Wildman–Crippen LogP) is 4.04. The highest BCUT2D eigenvalue weighted by molar-refractivity contribution is 6.31. The number of hydrogen-bond donors (Lipinski definition) is 2. The summed E-state index contributed by atoms with van der Waals surface area (Å²) in [6, 6.07) is 20.9. The summed E-state index contributed by atoms with van der Waals surface area (Å²) in [5.41, 5.74) is 5.69. The van der Waals surface area contributed by atoms with E-state index in [4.69, 9.17) is 16.3 Å².